The molecular weight excluding hydrogens is 399 g/mol. The number of hydrogen-bond acceptors (Lipinski definition) is 5. The van der Waals surface area contributed by atoms with E-state index < -0.39 is 16.0 Å². The minimum absolute atomic E-state index is 0.126. The largest absolute Gasteiger partial charge is 0.465 e. The van der Waals surface area contributed by atoms with Crippen LogP contribution >= 0.6 is 23.2 Å². The van der Waals surface area contributed by atoms with Gasteiger partial charge in [0.1, 0.15) is 0 Å². The first-order chi connectivity index (χ1) is 12.1. The van der Waals surface area contributed by atoms with Crippen molar-refractivity contribution >= 4 is 44.8 Å². The second-order valence-electron chi connectivity index (χ2n) is 6.22. The van der Waals surface area contributed by atoms with Gasteiger partial charge < -0.3 is 4.74 Å². The third-order valence-electron chi connectivity index (χ3n) is 4.27. The van der Waals surface area contributed by atoms with Crippen molar-refractivity contribution in [3.05, 3.63) is 39.9 Å². The van der Waals surface area contributed by atoms with Crippen molar-refractivity contribution in [1.29, 1.82) is 0 Å². The third-order valence-corrected chi connectivity index (χ3v) is 6.40. The molecule has 1 aromatic rings. The lowest BCUT2D eigenvalue weighted by Crippen LogP contribution is -2.53. The molecule has 6 nitrogen and oxygen atoms in total. The number of sulfonamides is 1. The number of carbonyl (C=O) groups excluding carboxylic acids is 1. The second kappa shape index (κ2) is 8.71. The van der Waals surface area contributed by atoms with Crippen molar-refractivity contribution in [1.82, 2.24) is 9.21 Å². The molecule has 0 N–H and O–H groups in total. The molecule has 0 unspecified atom stereocenters. The Kier molecular flexibility index (Phi) is 7.10. The van der Waals surface area contributed by atoms with Crippen molar-refractivity contribution < 1.29 is 17.9 Å². The highest BCUT2D eigenvalue weighted by Crippen LogP contribution is 2.27. The normalized spacial score (nSPS) is 20.2. The van der Waals surface area contributed by atoms with Gasteiger partial charge in [0.05, 0.1) is 29.0 Å². The number of piperazine rings is 1. The summed E-state index contributed by atoms with van der Waals surface area (Å²) >= 11 is 12.0. The van der Waals surface area contributed by atoms with Gasteiger partial charge in [-0.1, -0.05) is 35.3 Å². The van der Waals surface area contributed by atoms with Crippen LogP contribution in [0.15, 0.2) is 24.3 Å². The van der Waals surface area contributed by atoms with Gasteiger partial charge in [-0.25, -0.2) is 13.2 Å². The fourth-order valence-electron chi connectivity index (χ4n) is 2.99. The van der Waals surface area contributed by atoms with Crippen LogP contribution in [0, 0.1) is 0 Å². The quantitative estimate of drug-likeness (QED) is 0.540. The fourth-order valence-corrected chi connectivity index (χ4v) is 4.42. The Morgan fingerprint density at radius 2 is 2.00 bits per heavy atom. The molecule has 0 aromatic heterocycles. The average molecular weight is 421 g/mol. The monoisotopic (exact) mass is 420 g/mol. The van der Waals surface area contributed by atoms with Crippen LogP contribution in [0.1, 0.15) is 12.5 Å². The summed E-state index contributed by atoms with van der Waals surface area (Å²) in [6, 6.07) is 4.83. The summed E-state index contributed by atoms with van der Waals surface area (Å²) in [7, 11) is -1.89. The van der Waals surface area contributed by atoms with Crippen molar-refractivity contribution in [2.75, 3.05) is 39.5 Å². The number of halogens is 2. The maximum Gasteiger partial charge on any atom is 0.338 e. The molecule has 1 aromatic carbocycles. The predicted molar refractivity (Wildman–Crippen MR) is 104 cm³/mol. The van der Waals surface area contributed by atoms with Gasteiger partial charge >= 0.3 is 5.97 Å². The zero-order valence-electron chi connectivity index (χ0n) is 14.9. The van der Waals surface area contributed by atoms with E-state index >= 15 is 0 Å². The van der Waals surface area contributed by atoms with Crippen molar-refractivity contribution in [3.63, 3.8) is 0 Å². The van der Waals surface area contributed by atoms with Crippen LogP contribution in [0.3, 0.4) is 0 Å². The smallest absolute Gasteiger partial charge is 0.338 e. The van der Waals surface area contributed by atoms with Crippen molar-refractivity contribution in [2.24, 2.45) is 0 Å². The number of hydrogen-bond donors (Lipinski definition) is 0. The van der Waals surface area contributed by atoms with Gasteiger partial charge in [-0.05, 0) is 24.6 Å². The van der Waals surface area contributed by atoms with E-state index in [9.17, 15) is 13.2 Å². The summed E-state index contributed by atoms with van der Waals surface area (Å²) in [5.41, 5.74) is 1.01. The summed E-state index contributed by atoms with van der Waals surface area (Å²) in [6.45, 7) is 3.96. The van der Waals surface area contributed by atoms with Crippen LogP contribution in [0.5, 0.6) is 0 Å². The molecule has 2 rings (SSSR count). The molecule has 1 atom stereocenters. The molecule has 0 spiro atoms. The molecule has 144 valence electrons. The highest BCUT2D eigenvalue weighted by Gasteiger charge is 2.29. The molecule has 0 saturated carbocycles. The maximum atomic E-state index is 12.2. The summed E-state index contributed by atoms with van der Waals surface area (Å²) in [5, 5.41) is 0.764. The zero-order valence-corrected chi connectivity index (χ0v) is 17.2. The number of carbonyl (C=O) groups is 1. The summed E-state index contributed by atoms with van der Waals surface area (Å²) in [6.07, 6.45) is 2.99. The lowest BCUT2D eigenvalue weighted by Gasteiger charge is -2.37. The van der Waals surface area contributed by atoms with Crippen LogP contribution in [0.25, 0.3) is 5.57 Å². The van der Waals surface area contributed by atoms with Crippen LogP contribution in [0.2, 0.25) is 10.0 Å². The Balaban J connectivity index is 2.16. The van der Waals surface area contributed by atoms with E-state index in [1.54, 1.807) is 24.3 Å². The number of benzene rings is 1. The van der Waals surface area contributed by atoms with Crippen LogP contribution < -0.4 is 0 Å². The first-order valence-corrected chi connectivity index (χ1v) is 10.7. The third kappa shape index (κ3) is 5.20. The number of rotatable bonds is 5. The molecule has 1 heterocycles. The second-order valence-corrected chi connectivity index (χ2v) is 8.97. The van der Waals surface area contributed by atoms with E-state index in [0.717, 1.165) is 0 Å². The molecule has 0 amide bonds. The predicted octanol–water partition coefficient (Wildman–Crippen LogP) is 2.52. The van der Waals surface area contributed by atoms with Gasteiger partial charge in [0.25, 0.3) is 0 Å². The standard InChI is InChI=1S/C17H22Cl2N2O4S/c1-12-11-20(8-9-21(12)26(3,23)24)7-6-14(17(22)25-2)13-4-5-15(18)16(19)10-13/h4-6,10,12H,7-9,11H2,1-3H3/b14-6-/t12-/m1/s1. The number of esters is 1. The van der Waals surface area contributed by atoms with Gasteiger partial charge in [-0.2, -0.15) is 4.31 Å². The molecule has 0 bridgehead atoms. The van der Waals surface area contributed by atoms with Crippen LogP contribution in [-0.4, -0.2) is 69.2 Å². The van der Waals surface area contributed by atoms with E-state index in [1.807, 2.05) is 6.92 Å². The first kappa shape index (κ1) is 21.2. The number of nitrogens with zero attached hydrogens (tertiary/aromatic N) is 2. The Morgan fingerprint density at radius 3 is 2.54 bits per heavy atom. The average Bonchev–Trinajstić information content (AvgIpc) is 2.56. The molecule has 26 heavy (non-hydrogen) atoms. The van der Waals surface area contributed by atoms with E-state index in [0.29, 0.717) is 47.4 Å². The lowest BCUT2D eigenvalue weighted by molar-refractivity contribution is -0.133. The molecular formula is C17H22Cl2N2O4S. The van der Waals surface area contributed by atoms with E-state index in [-0.39, 0.29) is 6.04 Å². The van der Waals surface area contributed by atoms with E-state index in [4.69, 9.17) is 27.9 Å². The molecule has 1 fully saturated rings. The molecule has 1 aliphatic rings. The molecule has 0 aliphatic carbocycles. The van der Waals surface area contributed by atoms with E-state index in [1.165, 1.54) is 17.7 Å². The molecule has 9 heteroatoms. The van der Waals surface area contributed by atoms with Gasteiger partial charge in [0, 0.05) is 32.2 Å². The Morgan fingerprint density at radius 1 is 1.31 bits per heavy atom. The van der Waals surface area contributed by atoms with Crippen molar-refractivity contribution in [2.45, 2.75) is 13.0 Å². The minimum atomic E-state index is -3.21. The van der Waals surface area contributed by atoms with Gasteiger partial charge in [0.15, 0.2) is 0 Å². The fraction of sp³-hybridized carbons (Fsp3) is 0.471. The molecule has 1 aliphatic heterocycles. The Hall–Kier alpha value is -1.12. The minimum Gasteiger partial charge on any atom is -0.465 e. The van der Waals surface area contributed by atoms with Crippen LogP contribution in [0.4, 0.5) is 0 Å². The zero-order chi connectivity index (χ0) is 19.5. The SMILES string of the molecule is COC(=O)/C(=C\CN1CCN(S(C)(=O)=O)[C@H](C)C1)c1ccc(Cl)c(Cl)c1. The Labute approximate surface area is 164 Å². The first-order valence-electron chi connectivity index (χ1n) is 8.06. The van der Waals surface area contributed by atoms with Gasteiger partial charge in [-0.3, -0.25) is 4.90 Å². The van der Waals surface area contributed by atoms with Crippen molar-refractivity contribution in [3.8, 4) is 0 Å². The topological polar surface area (TPSA) is 66.9 Å². The maximum absolute atomic E-state index is 12.2. The van der Waals surface area contributed by atoms with Gasteiger partial charge in [0.2, 0.25) is 10.0 Å². The number of ether oxygens (including phenoxy) is 1. The summed E-state index contributed by atoms with van der Waals surface area (Å²) < 4.78 is 29.9. The highest BCUT2D eigenvalue weighted by molar-refractivity contribution is 7.88. The van der Waals surface area contributed by atoms with Gasteiger partial charge in [-0.15, -0.1) is 0 Å². The molecule has 0 radical (unpaired) electrons. The van der Waals surface area contributed by atoms with Crippen LogP contribution in [-0.2, 0) is 19.6 Å². The Bertz CT molecular complexity index is 811. The molecule has 1 saturated heterocycles. The summed E-state index contributed by atoms with van der Waals surface area (Å²) in [5.74, 6) is -0.466. The summed E-state index contributed by atoms with van der Waals surface area (Å²) in [4.78, 5) is 14.2. The highest BCUT2D eigenvalue weighted by atomic mass is 35.5. The lowest BCUT2D eigenvalue weighted by atomic mass is 10.1. The number of methoxy groups -OCH3 is 1. The van der Waals surface area contributed by atoms with E-state index in [2.05, 4.69) is 4.90 Å².